The predicted molar refractivity (Wildman–Crippen MR) is 75.3 cm³/mol. The third-order valence-corrected chi connectivity index (χ3v) is 4.55. The topological polar surface area (TPSA) is 29.3 Å². The fraction of sp³-hybridized carbons (Fsp3) is 0.714. The molecular weight excluding hydrogens is 228 g/mol. The average molecular weight is 252 g/mol. The van der Waals surface area contributed by atoms with Gasteiger partial charge in [0.25, 0.3) is 0 Å². The van der Waals surface area contributed by atoms with Crippen molar-refractivity contribution in [2.75, 3.05) is 6.54 Å². The normalized spacial score (nSPS) is 26.4. The van der Waals surface area contributed by atoms with Crippen molar-refractivity contribution >= 4 is 11.3 Å². The molecule has 1 fully saturated rings. The molecule has 1 saturated heterocycles. The van der Waals surface area contributed by atoms with Crippen molar-refractivity contribution in [2.24, 2.45) is 5.73 Å². The van der Waals surface area contributed by atoms with E-state index in [0.717, 1.165) is 0 Å². The summed E-state index contributed by atoms with van der Waals surface area (Å²) in [6, 6.07) is 3.49. The molecule has 3 unspecified atom stereocenters. The molecule has 2 nitrogen and oxygen atoms in total. The zero-order chi connectivity index (χ0) is 12.3. The maximum atomic E-state index is 6.23. The second kappa shape index (κ2) is 5.98. The number of nitrogens with zero attached hydrogens (tertiary/aromatic N) is 1. The maximum absolute atomic E-state index is 6.23. The van der Waals surface area contributed by atoms with Gasteiger partial charge in [-0.2, -0.15) is 11.3 Å². The Kier molecular flexibility index (Phi) is 4.60. The van der Waals surface area contributed by atoms with Crippen molar-refractivity contribution in [3.63, 3.8) is 0 Å². The van der Waals surface area contributed by atoms with Crippen molar-refractivity contribution in [1.29, 1.82) is 0 Å². The lowest BCUT2D eigenvalue weighted by Crippen LogP contribution is -2.43. The molecule has 96 valence electrons. The molecule has 0 aliphatic carbocycles. The number of hydrogen-bond donors (Lipinski definition) is 1. The van der Waals surface area contributed by atoms with Gasteiger partial charge in [-0.15, -0.1) is 0 Å². The van der Waals surface area contributed by atoms with Crippen molar-refractivity contribution in [1.82, 2.24) is 4.90 Å². The summed E-state index contributed by atoms with van der Waals surface area (Å²) in [6.07, 6.45) is 5.37. The van der Waals surface area contributed by atoms with Gasteiger partial charge in [-0.1, -0.05) is 12.8 Å². The van der Waals surface area contributed by atoms with Crippen molar-refractivity contribution in [3.05, 3.63) is 22.4 Å². The Balaban J connectivity index is 2.19. The molecule has 1 aromatic rings. The Hall–Kier alpha value is -0.380. The molecule has 0 saturated carbocycles. The van der Waals surface area contributed by atoms with Gasteiger partial charge in [0, 0.05) is 12.1 Å². The quantitative estimate of drug-likeness (QED) is 0.893. The van der Waals surface area contributed by atoms with Gasteiger partial charge >= 0.3 is 0 Å². The van der Waals surface area contributed by atoms with Crippen LogP contribution in [-0.2, 0) is 0 Å². The third kappa shape index (κ3) is 3.09. The van der Waals surface area contributed by atoms with Crippen molar-refractivity contribution in [2.45, 2.75) is 57.7 Å². The van der Waals surface area contributed by atoms with E-state index < -0.39 is 0 Å². The summed E-state index contributed by atoms with van der Waals surface area (Å²) in [6.45, 7) is 5.69. The molecule has 2 rings (SSSR count). The Morgan fingerprint density at radius 2 is 2.24 bits per heavy atom. The largest absolute Gasteiger partial charge is 0.326 e. The summed E-state index contributed by atoms with van der Waals surface area (Å²) < 4.78 is 0. The van der Waals surface area contributed by atoms with Gasteiger partial charge < -0.3 is 5.73 Å². The van der Waals surface area contributed by atoms with Crippen LogP contribution in [0.15, 0.2) is 16.8 Å². The van der Waals surface area contributed by atoms with Gasteiger partial charge in [0.2, 0.25) is 0 Å². The van der Waals surface area contributed by atoms with E-state index in [0.29, 0.717) is 12.1 Å². The van der Waals surface area contributed by atoms with E-state index >= 15 is 0 Å². The molecule has 2 N–H and O–H groups in total. The van der Waals surface area contributed by atoms with E-state index in [1.165, 1.54) is 37.8 Å². The Bertz CT molecular complexity index is 321. The number of rotatable bonds is 3. The molecule has 1 aliphatic rings. The molecule has 2 heterocycles. The molecule has 0 amide bonds. The highest BCUT2D eigenvalue weighted by atomic mass is 32.1. The maximum Gasteiger partial charge on any atom is 0.0507 e. The minimum Gasteiger partial charge on any atom is -0.326 e. The van der Waals surface area contributed by atoms with Crippen LogP contribution in [0.4, 0.5) is 0 Å². The minimum absolute atomic E-state index is 0.199. The van der Waals surface area contributed by atoms with Gasteiger partial charge in [0.1, 0.15) is 0 Å². The van der Waals surface area contributed by atoms with Crippen LogP contribution in [0.3, 0.4) is 0 Å². The molecule has 3 heteroatoms. The second-order valence-corrected chi connectivity index (χ2v) is 6.08. The molecule has 1 aliphatic heterocycles. The molecule has 0 aromatic carbocycles. The SMILES string of the molecule is CC(N)C(c1ccsc1)N1CCCCCC1C. The zero-order valence-corrected chi connectivity index (χ0v) is 11.7. The van der Waals surface area contributed by atoms with E-state index in [1.807, 2.05) is 0 Å². The van der Waals surface area contributed by atoms with Crippen LogP contribution >= 0.6 is 11.3 Å². The Morgan fingerprint density at radius 3 is 2.88 bits per heavy atom. The summed E-state index contributed by atoms with van der Waals surface area (Å²) in [5, 5.41) is 4.42. The molecule has 0 radical (unpaired) electrons. The first-order valence-electron chi connectivity index (χ1n) is 6.73. The molecule has 0 spiro atoms. The molecular formula is C14H24N2S. The number of likely N-dealkylation sites (tertiary alicyclic amines) is 1. The number of hydrogen-bond acceptors (Lipinski definition) is 3. The van der Waals surface area contributed by atoms with Crippen LogP contribution in [0.25, 0.3) is 0 Å². The first-order chi connectivity index (χ1) is 8.20. The van der Waals surface area contributed by atoms with Gasteiger partial charge in [-0.25, -0.2) is 0 Å². The molecule has 17 heavy (non-hydrogen) atoms. The van der Waals surface area contributed by atoms with Gasteiger partial charge in [0.15, 0.2) is 0 Å². The average Bonchev–Trinajstić information content (AvgIpc) is 2.71. The summed E-state index contributed by atoms with van der Waals surface area (Å²) in [5.41, 5.74) is 7.64. The lowest BCUT2D eigenvalue weighted by atomic mass is 10.00. The van der Waals surface area contributed by atoms with Gasteiger partial charge in [-0.05, 0) is 55.6 Å². The third-order valence-electron chi connectivity index (χ3n) is 3.84. The van der Waals surface area contributed by atoms with E-state index in [2.05, 4.69) is 35.6 Å². The van der Waals surface area contributed by atoms with Gasteiger partial charge in [0.05, 0.1) is 6.04 Å². The van der Waals surface area contributed by atoms with E-state index in [-0.39, 0.29) is 6.04 Å². The van der Waals surface area contributed by atoms with Crippen LogP contribution < -0.4 is 5.73 Å². The summed E-state index contributed by atoms with van der Waals surface area (Å²) in [5.74, 6) is 0. The standard InChI is InChI=1S/C14H24N2S/c1-11-6-4-3-5-8-16(11)14(12(2)15)13-7-9-17-10-13/h7,9-12,14H,3-6,8,15H2,1-2H3. The highest BCUT2D eigenvalue weighted by molar-refractivity contribution is 7.07. The van der Waals surface area contributed by atoms with E-state index in [1.54, 1.807) is 11.3 Å². The highest BCUT2D eigenvalue weighted by Crippen LogP contribution is 2.30. The fourth-order valence-electron chi connectivity index (χ4n) is 2.95. The Labute approximate surface area is 109 Å². The minimum atomic E-state index is 0.199. The van der Waals surface area contributed by atoms with Crippen molar-refractivity contribution < 1.29 is 0 Å². The van der Waals surface area contributed by atoms with Crippen molar-refractivity contribution in [3.8, 4) is 0 Å². The number of thiophene rings is 1. The second-order valence-electron chi connectivity index (χ2n) is 5.30. The van der Waals surface area contributed by atoms with Crippen LogP contribution in [0.1, 0.15) is 51.1 Å². The monoisotopic (exact) mass is 252 g/mol. The first kappa shape index (κ1) is 13.1. The molecule has 0 bridgehead atoms. The Morgan fingerprint density at radius 1 is 1.41 bits per heavy atom. The summed E-state index contributed by atoms with van der Waals surface area (Å²) in [4.78, 5) is 2.62. The zero-order valence-electron chi connectivity index (χ0n) is 10.9. The van der Waals surface area contributed by atoms with E-state index in [9.17, 15) is 0 Å². The smallest absolute Gasteiger partial charge is 0.0507 e. The van der Waals surface area contributed by atoms with Crippen LogP contribution in [-0.4, -0.2) is 23.5 Å². The summed E-state index contributed by atoms with van der Waals surface area (Å²) >= 11 is 1.77. The summed E-state index contributed by atoms with van der Waals surface area (Å²) in [7, 11) is 0. The molecule has 3 atom stereocenters. The first-order valence-corrected chi connectivity index (χ1v) is 7.68. The lowest BCUT2D eigenvalue weighted by molar-refractivity contribution is 0.130. The fourth-order valence-corrected chi connectivity index (χ4v) is 3.64. The van der Waals surface area contributed by atoms with Crippen LogP contribution in [0.2, 0.25) is 0 Å². The van der Waals surface area contributed by atoms with Crippen LogP contribution in [0, 0.1) is 0 Å². The predicted octanol–water partition coefficient (Wildman–Crippen LogP) is 3.40. The number of nitrogens with two attached hydrogens (primary N) is 1. The van der Waals surface area contributed by atoms with Crippen LogP contribution in [0.5, 0.6) is 0 Å². The van der Waals surface area contributed by atoms with E-state index in [4.69, 9.17) is 5.73 Å². The highest BCUT2D eigenvalue weighted by Gasteiger charge is 2.28. The lowest BCUT2D eigenvalue weighted by Gasteiger charge is -2.37. The molecule has 1 aromatic heterocycles. The van der Waals surface area contributed by atoms with Gasteiger partial charge in [-0.3, -0.25) is 4.90 Å².